The van der Waals surface area contributed by atoms with Crippen LogP contribution in [0.4, 0.5) is 9.59 Å². The van der Waals surface area contributed by atoms with Gasteiger partial charge in [-0.15, -0.1) is 0 Å². The van der Waals surface area contributed by atoms with Crippen molar-refractivity contribution in [1.82, 2.24) is 14.9 Å². The van der Waals surface area contributed by atoms with Gasteiger partial charge in [0.1, 0.15) is 30.1 Å². The molecule has 2 fully saturated rings. The number of carbonyl (C=O) groups is 4. The highest BCUT2D eigenvalue weighted by molar-refractivity contribution is 7.89. The van der Waals surface area contributed by atoms with Gasteiger partial charge in [-0.3, -0.25) is 4.52 Å². The van der Waals surface area contributed by atoms with E-state index in [-0.39, 0.29) is 66.5 Å². The van der Waals surface area contributed by atoms with E-state index in [9.17, 15) is 37.3 Å². The number of ether oxygens (including phenoxy) is 6. The van der Waals surface area contributed by atoms with E-state index in [2.05, 4.69) is 10.6 Å². The van der Waals surface area contributed by atoms with Crippen molar-refractivity contribution in [1.29, 1.82) is 0 Å². The van der Waals surface area contributed by atoms with Gasteiger partial charge < -0.3 is 48.7 Å². The third-order valence-corrected chi connectivity index (χ3v) is 14.9. The number of fused-ring (bicyclic) bond motifs is 1. The third kappa shape index (κ3) is 16.0. The summed E-state index contributed by atoms with van der Waals surface area (Å²) in [7, 11) is -8.52. The van der Waals surface area contributed by atoms with E-state index in [1.807, 2.05) is 13.8 Å². The van der Waals surface area contributed by atoms with Gasteiger partial charge in [-0.2, -0.15) is 4.31 Å². The van der Waals surface area contributed by atoms with Crippen molar-refractivity contribution in [3.8, 4) is 5.75 Å². The maximum Gasteiger partial charge on any atom is 0.411 e. The van der Waals surface area contributed by atoms with Gasteiger partial charge in [-0.25, -0.2) is 32.2 Å². The summed E-state index contributed by atoms with van der Waals surface area (Å²) in [6.45, 7) is 15.3. The number of hydrogen-bond acceptors (Lipinski definition) is 16. The highest BCUT2D eigenvalue weighted by Crippen LogP contribution is 2.48. The molecule has 0 radical (unpaired) electrons. The highest BCUT2D eigenvalue weighted by Gasteiger charge is 2.44. The number of para-hydroxylation sites is 1. The van der Waals surface area contributed by atoms with Crippen LogP contribution in [0.25, 0.3) is 0 Å². The predicted octanol–water partition coefficient (Wildman–Crippen LogP) is 6.25. The van der Waals surface area contributed by atoms with E-state index < -0.39 is 90.6 Å². The zero-order valence-corrected chi connectivity index (χ0v) is 42.9. The number of esters is 2. The zero-order valence-electron chi connectivity index (χ0n) is 41.2. The topological polar surface area (TPSA) is 241 Å². The number of amides is 2. The molecule has 0 aliphatic carbocycles. The second-order valence-corrected chi connectivity index (χ2v) is 22.7. The number of alkyl carbamates (subject to hydrolysis) is 2. The van der Waals surface area contributed by atoms with Gasteiger partial charge in [0.25, 0.3) is 0 Å². The predicted molar refractivity (Wildman–Crippen MR) is 256 cm³/mol. The Kier molecular flexibility index (Phi) is 19.8. The molecular formula is C49H68N3O16PS. The van der Waals surface area contributed by atoms with Crippen LogP contribution < -0.4 is 20.5 Å². The van der Waals surface area contributed by atoms with Crippen LogP contribution in [0.5, 0.6) is 5.75 Å². The highest BCUT2D eigenvalue weighted by atomic mass is 32.2. The first-order valence-electron chi connectivity index (χ1n) is 23.4. The van der Waals surface area contributed by atoms with Crippen LogP contribution >= 0.6 is 7.60 Å². The van der Waals surface area contributed by atoms with E-state index >= 15 is 0 Å². The molecule has 0 spiro atoms. The molecule has 0 saturated carbocycles. The van der Waals surface area contributed by atoms with Gasteiger partial charge in [0.15, 0.2) is 12.4 Å². The summed E-state index contributed by atoms with van der Waals surface area (Å²) in [6.07, 6.45) is -4.93. The summed E-state index contributed by atoms with van der Waals surface area (Å²) >= 11 is 0. The van der Waals surface area contributed by atoms with Gasteiger partial charge in [0, 0.05) is 13.1 Å². The monoisotopic (exact) mass is 1020 g/mol. The zero-order chi connectivity index (χ0) is 51.4. The Morgan fingerprint density at radius 2 is 1.50 bits per heavy atom. The molecule has 3 N–H and O–H groups in total. The molecule has 0 aromatic heterocycles. The maximum absolute atomic E-state index is 14.5. The molecule has 2 aliphatic rings. The summed E-state index contributed by atoms with van der Waals surface area (Å²) in [5.74, 6) is -1.90. The van der Waals surface area contributed by atoms with Crippen LogP contribution in [0, 0.1) is 17.8 Å². The van der Waals surface area contributed by atoms with Gasteiger partial charge >= 0.3 is 31.7 Å². The molecule has 2 aliphatic heterocycles. The van der Waals surface area contributed by atoms with Crippen molar-refractivity contribution < 1.29 is 74.7 Å². The molecular weight excluding hydrogens is 950 g/mol. The third-order valence-electron chi connectivity index (χ3n) is 11.1. The minimum atomic E-state index is -4.29. The average Bonchev–Trinajstić information content (AvgIpc) is 3.92. The molecule has 5 rings (SSSR count). The molecule has 8 atom stereocenters. The molecule has 70 heavy (non-hydrogen) atoms. The summed E-state index contributed by atoms with van der Waals surface area (Å²) in [4.78, 5) is 51.5. The van der Waals surface area contributed by atoms with E-state index in [0.717, 1.165) is 4.31 Å². The summed E-state index contributed by atoms with van der Waals surface area (Å²) in [5.41, 5.74) is 0.227. The van der Waals surface area contributed by atoms with Crippen molar-refractivity contribution in [3.63, 3.8) is 0 Å². The molecule has 1 unspecified atom stereocenters. The van der Waals surface area contributed by atoms with Gasteiger partial charge in [0.05, 0.1) is 48.1 Å². The first-order valence-corrected chi connectivity index (χ1v) is 26.4. The van der Waals surface area contributed by atoms with Gasteiger partial charge in [-0.1, -0.05) is 70.2 Å². The number of aliphatic hydroxyl groups is 1. The number of hydrogen-bond donors (Lipinski definition) is 3. The van der Waals surface area contributed by atoms with Crippen molar-refractivity contribution in [2.75, 3.05) is 32.9 Å². The van der Waals surface area contributed by atoms with Crippen LogP contribution in [0.3, 0.4) is 0 Å². The summed E-state index contributed by atoms with van der Waals surface area (Å²) in [6, 6.07) is 18.1. The Morgan fingerprint density at radius 1 is 0.843 bits per heavy atom. The van der Waals surface area contributed by atoms with E-state index in [1.54, 1.807) is 84.0 Å². The second kappa shape index (κ2) is 24.8. The molecule has 3 aromatic carbocycles. The van der Waals surface area contributed by atoms with Gasteiger partial charge in [0.2, 0.25) is 10.0 Å². The smallest absolute Gasteiger partial charge is 0.411 e. The Bertz CT molecular complexity index is 2360. The largest absolute Gasteiger partial charge is 0.464 e. The van der Waals surface area contributed by atoms with Crippen LogP contribution in [-0.2, 0) is 70.2 Å². The lowest BCUT2D eigenvalue weighted by Crippen LogP contribution is -2.51. The minimum Gasteiger partial charge on any atom is -0.464 e. The lowest BCUT2D eigenvalue weighted by atomic mass is 10.0. The number of rotatable bonds is 23. The number of aliphatic hydroxyl groups excluding tert-OH is 1. The first-order chi connectivity index (χ1) is 33.0. The number of carbonyl (C=O) groups excluding carboxylic acids is 4. The first kappa shape index (κ1) is 55.8. The lowest BCUT2D eigenvalue weighted by molar-refractivity contribution is -0.151. The molecule has 386 valence electrons. The number of benzene rings is 3. The Balaban J connectivity index is 1.35. The molecule has 2 heterocycles. The van der Waals surface area contributed by atoms with Crippen LogP contribution in [0.15, 0.2) is 83.8 Å². The van der Waals surface area contributed by atoms with Crippen molar-refractivity contribution in [2.24, 2.45) is 17.8 Å². The Hall–Kier alpha value is -5.08. The standard InChI is InChI=1S/C49H68N3O16PS/c1-10-61-44(54)33(6)67-69(58,68-36-14-12-11-13-15-36)37-20-16-34(17-21-37)26-40(50-47(56)65-42-30-64-46-39(42)24-25-62-46)41(53)28-52(27-31(2)3)70(59,60)38-22-18-35(19-23-38)29-63-45(55)43(32(4)5)51-48(57)66-49(7,8)9/h11-23,31-33,39-43,46,53H,10,24-30H2,1-9H3,(H,50,56)(H,51,57)/t33-,39-,40-,41+,42-,43-,46+,69?/m0/s1. The van der Waals surface area contributed by atoms with Crippen molar-refractivity contribution in [3.05, 3.63) is 90.0 Å². The fourth-order valence-electron chi connectivity index (χ4n) is 7.59. The average molecular weight is 1020 g/mol. The summed E-state index contributed by atoms with van der Waals surface area (Å²) in [5, 5.41) is 17.4. The second-order valence-electron chi connectivity index (χ2n) is 18.9. The molecule has 19 nitrogen and oxygen atoms in total. The Labute approximate surface area is 410 Å². The summed E-state index contributed by atoms with van der Waals surface area (Å²) < 4.78 is 88.9. The van der Waals surface area contributed by atoms with E-state index in [0.29, 0.717) is 24.2 Å². The number of nitrogens with zero attached hydrogens (tertiary/aromatic N) is 1. The van der Waals surface area contributed by atoms with Crippen molar-refractivity contribution >= 4 is 47.0 Å². The normalized spacial score (nSPS) is 19.6. The lowest BCUT2D eigenvalue weighted by Gasteiger charge is -2.31. The maximum atomic E-state index is 14.5. The molecule has 21 heteroatoms. The molecule has 2 amide bonds. The quantitative estimate of drug-likeness (QED) is 0.0540. The van der Waals surface area contributed by atoms with Crippen LogP contribution in [0.1, 0.15) is 79.9 Å². The molecule has 0 bridgehead atoms. The van der Waals surface area contributed by atoms with E-state index in [4.69, 9.17) is 37.5 Å². The van der Waals surface area contributed by atoms with Crippen molar-refractivity contribution in [2.45, 2.75) is 129 Å². The van der Waals surface area contributed by atoms with Gasteiger partial charge in [-0.05, 0) is 107 Å². The fourth-order valence-corrected chi connectivity index (χ4v) is 10.9. The number of nitrogens with one attached hydrogen (secondary N) is 2. The number of sulfonamides is 1. The Morgan fingerprint density at radius 3 is 2.11 bits per heavy atom. The molecule has 3 aromatic rings. The van der Waals surface area contributed by atoms with Crippen LogP contribution in [-0.4, -0.2) is 117 Å². The SMILES string of the molecule is CCOC(=O)[C@H](C)OP(=O)(Oc1ccccc1)c1ccc(C[C@H](NC(=O)O[C@H]2CO[C@H]3OCC[C@H]32)[C@H](O)CN(CC(C)C)S(=O)(=O)c2ccc(COC(=O)[C@@H](NC(=O)OC(C)(C)C)C(C)C)cc2)cc1. The van der Waals surface area contributed by atoms with E-state index in [1.165, 1.54) is 43.3 Å². The van der Waals surface area contributed by atoms with Crippen LogP contribution in [0.2, 0.25) is 0 Å². The fraction of sp³-hybridized carbons (Fsp3) is 0.551. The molecule has 2 saturated heterocycles. The minimum absolute atomic E-state index is 0.00470.